The first-order valence-electron chi connectivity index (χ1n) is 11.2. The van der Waals surface area contributed by atoms with Gasteiger partial charge in [-0.05, 0) is 86.9 Å². The Morgan fingerprint density at radius 3 is 2.54 bits per heavy atom. The van der Waals surface area contributed by atoms with Crippen molar-refractivity contribution in [1.29, 1.82) is 0 Å². The van der Waals surface area contributed by atoms with E-state index in [1.54, 1.807) is 0 Å². The van der Waals surface area contributed by atoms with Gasteiger partial charge in [-0.15, -0.1) is 0 Å². The fourth-order valence-corrected chi connectivity index (χ4v) is 7.68. The number of carbonyl (C=O) groups excluding carboxylic acids is 2. The zero-order chi connectivity index (χ0) is 20.1. The minimum absolute atomic E-state index is 0.0780. The first kappa shape index (κ1) is 19.9. The number of hydrogen-bond acceptors (Lipinski definition) is 4. The average molecular weight is 389 g/mol. The second-order valence-electron chi connectivity index (χ2n) is 10.4. The van der Waals surface area contributed by atoms with Crippen LogP contribution in [0.3, 0.4) is 0 Å². The van der Waals surface area contributed by atoms with Crippen LogP contribution in [0.2, 0.25) is 0 Å². The standard InChI is InChI=1S/C23H36N2O3/c1-14(26)24-25-21-8-7-19-18-6-5-16-13-17(28-15(2)27)9-11-22(16,3)20(18)10-12-23(19,21)4/h16-20H,5-13H2,1-4H3,(H,24,26)/t16-,17?,18?,19?,20?,22-,23-/m0/s1. The second-order valence-corrected chi connectivity index (χ2v) is 10.4. The summed E-state index contributed by atoms with van der Waals surface area (Å²) in [7, 11) is 0. The molecule has 156 valence electrons. The van der Waals surface area contributed by atoms with Gasteiger partial charge in [-0.2, -0.15) is 5.10 Å². The van der Waals surface area contributed by atoms with Crippen molar-refractivity contribution in [2.75, 3.05) is 0 Å². The molecule has 0 aromatic rings. The number of nitrogens with zero attached hydrogens (tertiary/aromatic N) is 1. The van der Waals surface area contributed by atoms with Gasteiger partial charge in [-0.3, -0.25) is 9.59 Å². The average Bonchev–Trinajstić information content (AvgIpc) is 2.96. The van der Waals surface area contributed by atoms with E-state index in [0.29, 0.717) is 17.3 Å². The van der Waals surface area contributed by atoms with Gasteiger partial charge >= 0.3 is 5.97 Å². The number of amides is 1. The Hall–Kier alpha value is -1.39. The normalized spacial score (nSPS) is 46.3. The molecule has 28 heavy (non-hydrogen) atoms. The van der Waals surface area contributed by atoms with Crippen LogP contribution in [0.5, 0.6) is 0 Å². The maximum Gasteiger partial charge on any atom is 0.302 e. The molecule has 0 heterocycles. The van der Waals surface area contributed by atoms with Crippen LogP contribution in [0.15, 0.2) is 5.10 Å². The predicted octanol–water partition coefficient (Wildman–Crippen LogP) is 4.45. The summed E-state index contributed by atoms with van der Waals surface area (Å²) in [4.78, 5) is 22.7. The third-order valence-electron chi connectivity index (χ3n) is 9.04. The first-order chi connectivity index (χ1) is 13.2. The summed E-state index contributed by atoms with van der Waals surface area (Å²) in [6.07, 6.45) is 10.6. The quantitative estimate of drug-likeness (QED) is 0.561. The maximum atomic E-state index is 11.4. The Bertz CT molecular complexity index is 689. The van der Waals surface area contributed by atoms with Gasteiger partial charge in [-0.25, -0.2) is 5.43 Å². The van der Waals surface area contributed by atoms with Gasteiger partial charge in [-0.1, -0.05) is 13.8 Å². The van der Waals surface area contributed by atoms with E-state index in [0.717, 1.165) is 31.1 Å². The van der Waals surface area contributed by atoms with E-state index >= 15 is 0 Å². The first-order valence-corrected chi connectivity index (χ1v) is 11.2. The molecule has 4 aliphatic rings. The number of fused-ring (bicyclic) bond motifs is 5. The Kier molecular flexibility index (Phi) is 5.08. The number of rotatable bonds is 2. The van der Waals surface area contributed by atoms with Crippen LogP contribution in [-0.4, -0.2) is 23.7 Å². The SMILES string of the molecule is CC(=O)NN=C1CCC2C3CC[C@H]4CC(OC(C)=O)CC[C@]4(C)C3CC[C@]12C. The highest BCUT2D eigenvalue weighted by Gasteiger charge is 2.59. The van der Waals surface area contributed by atoms with Crippen molar-refractivity contribution in [2.45, 2.75) is 91.6 Å². The lowest BCUT2D eigenvalue weighted by atomic mass is 9.45. The summed E-state index contributed by atoms with van der Waals surface area (Å²) in [6.45, 7) is 7.99. The molecular weight excluding hydrogens is 352 g/mol. The molecule has 1 amide bonds. The third kappa shape index (κ3) is 3.19. The zero-order valence-corrected chi connectivity index (χ0v) is 17.9. The molecule has 4 unspecified atom stereocenters. The van der Waals surface area contributed by atoms with Gasteiger partial charge in [0.05, 0.1) is 0 Å². The molecule has 0 aliphatic heterocycles. The van der Waals surface area contributed by atoms with Gasteiger partial charge in [0, 0.05) is 25.0 Å². The van der Waals surface area contributed by atoms with Crippen LogP contribution >= 0.6 is 0 Å². The van der Waals surface area contributed by atoms with E-state index in [-0.39, 0.29) is 23.4 Å². The van der Waals surface area contributed by atoms with Crippen molar-refractivity contribution in [3.05, 3.63) is 0 Å². The summed E-state index contributed by atoms with van der Waals surface area (Å²) in [5, 5.41) is 4.52. The summed E-state index contributed by atoms with van der Waals surface area (Å²) in [5.41, 5.74) is 4.46. The fourth-order valence-electron chi connectivity index (χ4n) is 7.68. The number of esters is 1. The number of hydrogen-bond donors (Lipinski definition) is 1. The lowest BCUT2D eigenvalue weighted by Gasteiger charge is -2.60. The van der Waals surface area contributed by atoms with Gasteiger partial charge < -0.3 is 4.74 Å². The molecule has 7 atom stereocenters. The van der Waals surface area contributed by atoms with Crippen LogP contribution in [-0.2, 0) is 14.3 Å². The molecule has 5 nitrogen and oxygen atoms in total. The van der Waals surface area contributed by atoms with Gasteiger partial charge in [0.15, 0.2) is 0 Å². The van der Waals surface area contributed by atoms with E-state index in [4.69, 9.17) is 4.74 Å². The molecule has 4 fully saturated rings. The van der Waals surface area contributed by atoms with Crippen molar-refractivity contribution in [3.8, 4) is 0 Å². The lowest BCUT2D eigenvalue weighted by molar-refractivity contribution is -0.158. The Morgan fingerprint density at radius 1 is 1.04 bits per heavy atom. The highest BCUT2D eigenvalue weighted by molar-refractivity contribution is 5.93. The van der Waals surface area contributed by atoms with Gasteiger partial charge in [0.2, 0.25) is 5.91 Å². The largest absolute Gasteiger partial charge is 0.463 e. The van der Waals surface area contributed by atoms with Crippen molar-refractivity contribution in [2.24, 2.45) is 39.6 Å². The van der Waals surface area contributed by atoms with E-state index in [1.807, 2.05) is 0 Å². The maximum absolute atomic E-state index is 11.4. The van der Waals surface area contributed by atoms with Crippen LogP contribution in [0.25, 0.3) is 0 Å². The molecule has 4 saturated carbocycles. The summed E-state index contributed by atoms with van der Waals surface area (Å²) >= 11 is 0. The van der Waals surface area contributed by atoms with Crippen LogP contribution < -0.4 is 5.43 Å². The molecule has 0 bridgehead atoms. The van der Waals surface area contributed by atoms with Gasteiger partial charge in [0.25, 0.3) is 0 Å². The molecule has 0 spiro atoms. The highest BCUT2D eigenvalue weighted by atomic mass is 16.5. The third-order valence-corrected chi connectivity index (χ3v) is 9.04. The highest BCUT2D eigenvalue weighted by Crippen LogP contribution is 2.65. The van der Waals surface area contributed by atoms with Crippen molar-refractivity contribution in [1.82, 2.24) is 5.43 Å². The van der Waals surface area contributed by atoms with Crippen molar-refractivity contribution >= 4 is 17.6 Å². The lowest BCUT2D eigenvalue weighted by Crippen LogP contribution is -2.54. The molecule has 0 saturated heterocycles. The molecule has 5 heteroatoms. The Morgan fingerprint density at radius 2 is 1.82 bits per heavy atom. The second kappa shape index (κ2) is 7.14. The number of ether oxygens (including phenoxy) is 1. The van der Waals surface area contributed by atoms with Crippen LogP contribution in [0.1, 0.15) is 85.5 Å². The zero-order valence-electron chi connectivity index (χ0n) is 17.9. The molecule has 1 N–H and O–H groups in total. The Labute approximate surface area is 169 Å². The predicted molar refractivity (Wildman–Crippen MR) is 109 cm³/mol. The minimum Gasteiger partial charge on any atom is -0.463 e. The summed E-state index contributed by atoms with van der Waals surface area (Å²) in [5.74, 6) is 2.73. The smallest absolute Gasteiger partial charge is 0.302 e. The topological polar surface area (TPSA) is 67.8 Å². The molecule has 4 aliphatic carbocycles. The van der Waals surface area contributed by atoms with E-state index in [2.05, 4.69) is 24.4 Å². The molecule has 0 radical (unpaired) electrons. The molecule has 0 aromatic carbocycles. The van der Waals surface area contributed by atoms with E-state index in [9.17, 15) is 9.59 Å². The monoisotopic (exact) mass is 388 g/mol. The van der Waals surface area contributed by atoms with Crippen molar-refractivity contribution in [3.63, 3.8) is 0 Å². The number of nitrogens with one attached hydrogen (secondary N) is 1. The molecule has 4 rings (SSSR count). The van der Waals surface area contributed by atoms with Crippen LogP contribution in [0, 0.1) is 34.5 Å². The minimum atomic E-state index is -0.132. The Balaban J connectivity index is 1.52. The van der Waals surface area contributed by atoms with E-state index in [1.165, 1.54) is 58.1 Å². The fraction of sp³-hybridized carbons (Fsp3) is 0.870. The summed E-state index contributed by atoms with van der Waals surface area (Å²) < 4.78 is 5.58. The summed E-state index contributed by atoms with van der Waals surface area (Å²) in [6, 6.07) is 0. The van der Waals surface area contributed by atoms with Crippen molar-refractivity contribution < 1.29 is 14.3 Å². The molecule has 0 aromatic heterocycles. The van der Waals surface area contributed by atoms with E-state index < -0.39 is 0 Å². The van der Waals surface area contributed by atoms with Gasteiger partial charge in [0.1, 0.15) is 6.10 Å². The molecular formula is C23H36N2O3. The number of hydrazone groups is 1. The van der Waals surface area contributed by atoms with Crippen LogP contribution in [0.4, 0.5) is 0 Å². The number of carbonyl (C=O) groups is 2.